The highest BCUT2D eigenvalue weighted by Gasteiger charge is 2.35. The fourth-order valence-corrected chi connectivity index (χ4v) is 3.49. The van der Waals surface area contributed by atoms with Gasteiger partial charge in [-0.25, -0.2) is 4.39 Å². The van der Waals surface area contributed by atoms with Gasteiger partial charge in [-0.3, -0.25) is 0 Å². The summed E-state index contributed by atoms with van der Waals surface area (Å²) in [6, 6.07) is 7.92. The van der Waals surface area contributed by atoms with Crippen LogP contribution in [0.4, 0.5) is 30.7 Å². The third-order valence-electron chi connectivity index (χ3n) is 4.84. The van der Waals surface area contributed by atoms with Gasteiger partial charge in [0.15, 0.2) is 0 Å². The lowest BCUT2D eigenvalue weighted by molar-refractivity contribution is -0.274. The molecule has 0 aliphatic rings. The maximum Gasteiger partial charge on any atom is 0.573 e. The van der Waals surface area contributed by atoms with Gasteiger partial charge in [-0.05, 0) is 68.3 Å². The molecule has 1 heterocycles. The minimum Gasteiger partial charge on any atom is -0.406 e. The summed E-state index contributed by atoms with van der Waals surface area (Å²) in [4.78, 5) is 0. The van der Waals surface area contributed by atoms with E-state index in [0.29, 0.717) is 28.2 Å². The summed E-state index contributed by atoms with van der Waals surface area (Å²) in [5.74, 6) is -1.75. The maximum atomic E-state index is 13.7. The van der Waals surface area contributed by atoms with Crippen LogP contribution >= 0.6 is 0 Å². The van der Waals surface area contributed by atoms with Gasteiger partial charge in [-0.15, -0.1) is 13.2 Å². The summed E-state index contributed by atoms with van der Waals surface area (Å²) in [6.45, 7) is 5.12. The number of halogens is 7. The molecule has 0 unspecified atom stereocenters. The van der Waals surface area contributed by atoms with Crippen LogP contribution in [0.15, 0.2) is 42.5 Å². The van der Waals surface area contributed by atoms with Crippen molar-refractivity contribution in [3.05, 3.63) is 70.8 Å². The molecular weight excluding hydrogens is 415 g/mol. The van der Waals surface area contributed by atoms with Crippen LogP contribution in [-0.2, 0) is 6.18 Å². The first-order chi connectivity index (χ1) is 13.8. The average Bonchev–Trinajstić information content (AvgIpc) is 2.83. The van der Waals surface area contributed by atoms with Crippen molar-refractivity contribution in [2.24, 2.45) is 0 Å². The van der Waals surface area contributed by atoms with E-state index in [1.807, 2.05) is 0 Å². The molecule has 0 N–H and O–H groups in total. The Hall–Kier alpha value is -2.97. The lowest BCUT2D eigenvalue weighted by atomic mass is 9.99. The lowest BCUT2D eigenvalue weighted by Crippen LogP contribution is -2.17. The predicted molar refractivity (Wildman–Crippen MR) is 97.1 cm³/mol. The van der Waals surface area contributed by atoms with Crippen molar-refractivity contribution in [1.82, 2.24) is 4.57 Å². The lowest BCUT2D eigenvalue weighted by Gasteiger charge is -2.13. The van der Waals surface area contributed by atoms with Crippen molar-refractivity contribution in [3.8, 4) is 22.6 Å². The summed E-state index contributed by atoms with van der Waals surface area (Å²) in [5, 5.41) is 0. The van der Waals surface area contributed by atoms with Gasteiger partial charge in [0.25, 0.3) is 0 Å². The Morgan fingerprint density at radius 3 is 1.93 bits per heavy atom. The summed E-state index contributed by atoms with van der Waals surface area (Å²) < 4.78 is 95.6. The third-order valence-corrected chi connectivity index (χ3v) is 4.84. The van der Waals surface area contributed by atoms with Crippen LogP contribution in [0.5, 0.6) is 5.75 Å². The molecule has 3 aromatic rings. The number of hydrogen-bond acceptors (Lipinski definition) is 1. The molecule has 0 saturated carbocycles. The molecule has 0 aliphatic heterocycles. The molecule has 160 valence electrons. The highest BCUT2D eigenvalue weighted by atomic mass is 19.4. The first-order valence-corrected chi connectivity index (χ1v) is 8.71. The topological polar surface area (TPSA) is 14.2 Å². The Kier molecular flexibility index (Phi) is 5.34. The summed E-state index contributed by atoms with van der Waals surface area (Å²) >= 11 is 0. The Morgan fingerprint density at radius 2 is 1.40 bits per heavy atom. The smallest absolute Gasteiger partial charge is 0.406 e. The molecule has 0 aliphatic carbocycles. The number of hydrogen-bond donors (Lipinski definition) is 0. The van der Waals surface area contributed by atoms with E-state index in [2.05, 4.69) is 4.74 Å². The Bertz CT molecular complexity index is 1080. The third kappa shape index (κ3) is 4.15. The van der Waals surface area contributed by atoms with Crippen molar-refractivity contribution >= 4 is 0 Å². The second kappa shape index (κ2) is 7.37. The fraction of sp³-hybridized carbons (Fsp3) is 0.238. The quantitative estimate of drug-likeness (QED) is 0.403. The molecule has 30 heavy (non-hydrogen) atoms. The Balaban J connectivity index is 2.09. The second-order valence-electron chi connectivity index (χ2n) is 6.74. The van der Waals surface area contributed by atoms with Crippen LogP contribution < -0.4 is 4.74 Å². The molecule has 0 spiro atoms. The zero-order chi connectivity index (χ0) is 22.4. The number of nitrogens with zero attached hydrogens (tertiary/aromatic N) is 1. The highest BCUT2D eigenvalue weighted by molar-refractivity contribution is 5.73. The largest absolute Gasteiger partial charge is 0.573 e. The summed E-state index contributed by atoms with van der Waals surface area (Å²) in [6.07, 6.45) is -9.66. The van der Waals surface area contributed by atoms with E-state index in [1.165, 1.54) is 18.2 Å². The van der Waals surface area contributed by atoms with Crippen molar-refractivity contribution in [2.75, 3.05) is 0 Å². The van der Waals surface area contributed by atoms with E-state index in [9.17, 15) is 30.7 Å². The molecular formula is C21H16F7NO. The van der Waals surface area contributed by atoms with Gasteiger partial charge in [0.1, 0.15) is 11.6 Å². The van der Waals surface area contributed by atoms with Gasteiger partial charge in [0, 0.05) is 22.6 Å². The van der Waals surface area contributed by atoms with Gasteiger partial charge < -0.3 is 9.30 Å². The first kappa shape index (κ1) is 21.7. The van der Waals surface area contributed by atoms with Crippen LogP contribution in [-0.4, -0.2) is 10.9 Å². The molecule has 0 radical (unpaired) electrons. The number of aromatic nitrogens is 1. The zero-order valence-electron chi connectivity index (χ0n) is 16.0. The molecule has 1 aromatic heterocycles. The van der Waals surface area contributed by atoms with E-state index in [1.54, 1.807) is 25.3 Å². The zero-order valence-corrected chi connectivity index (χ0v) is 16.0. The molecule has 3 rings (SSSR count). The van der Waals surface area contributed by atoms with Crippen LogP contribution in [0, 0.1) is 26.6 Å². The standard InChI is InChI=1S/C21H16F7NO/c1-11-12(2)29(15-5-7-16(8-6-15)30-21(26,27)28)13(3)19(11)14-4-9-18(22)17(10-14)20(23,24)25/h4-10H,1-3H3. The number of rotatable bonds is 3. The van der Waals surface area contributed by atoms with Crippen molar-refractivity contribution in [2.45, 2.75) is 33.3 Å². The summed E-state index contributed by atoms with van der Waals surface area (Å²) in [5.41, 5.74) is 1.75. The molecule has 2 nitrogen and oxygen atoms in total. The minimum absolute atomic E-state index is 0.192. The maximum absolute atomic E-state index is 13.7. The van der Waals surface area contributed by atoms with E-state index in [0.717, 1.165) is 24.3 Å². The first-order valence-electron chi connectivity index (χ1n) is 8.71. The number of ether oxygens (including phenoxy) is 1. The predicted octanol–water partition coefficient (Wildman–Crippen LogP) is 7.13. The molecule has 0 saturated heterocycles. The van der Waals surface area contributed by atoms with Gasteiger partial charge in [0.05, 0.1) is 5.56 Å². The van der Waals surface area contributed by atoms with E-state index in [-0.39, 0.29) is 11.3 Å². The van der Waals surface area contributed by atoms with Crippen LogP contribution in [0.25, 0.3) is 16.8 Å². The van der Waals surface area contributed by atoms with Crippen molar-refractivity contribution in [1.29, 1.82) is 0 Å². The molecule has 0 atom stereocenters. The average molecular weight is 431 g/mol. The minimum atomic E-state index is -4.84. The molecule has 0 bridgehead atoms. The Morgan fingerprint density at radius 1 is 0.800 bits per heavy atom. The molecule has 2 aromatic carbocycles. The number of alkyl halides is 6. The van der Waals surface area contributed by atoms with Gasteiger partial charge in [-0.1, -0.05) is 6.07 Å². The molecule has 0 fully saturated rings. The second-order valence-corrected chi connectivity index (χ2v) is 6.74. The fourth-order valence-electron chi connectivity index (χ4n) is 3.49. The van der Waals surface area contributed by atoms with Crippen LogP contribution in [0.3, 0.4) is 0 Å². The number of benzene rings is 2. The van der Waals surface area contributed by atoms with Crippen molar-refractivity contribution < 1.29 is 35.5 Å². The van der Waals surface area contributed by atoms with Crippen molar-refractivity contribution in [3.63, 3.8) is 0 Å². The molecule has 9 heteroatoms. The monoisotopic (exact) mass is 431 g/mol. The van der Waals surface area contributed by atoms with Gasteiger partial charge in [-0.2, -0.15) is 13.2 Å². The van der Waals surface area contributed by atoms with E-state index in [4.69, 9.17) is 0 Å². The van der Waals surface area contributed by atoms with E-state index < -0.39 is 23.9 Å². The SMILES string of the molecule is Cc1c(-c2ccc(F)c(C(F)(F)F)c2)c(C)n(-c2ccc(OC(F)(F)F)cc2)c1C. The summed E-state index contributed by atoms with van der Waals surface area (Å²) in [7, 11) is 0. The molecule has 0 amide bonds. The Labute approximate surface area is 167 Å². The van der Waals surface area contributed by atoms with Gasteiger partial charge in [0.2, 0.25) is 0 Å². The van der Waals surface area contributed by atoms with Gasteiger partial charge >= 0.3 is 12.5 Å². The highest BCUT2D eigenvalue weighted by Crippen LogP contribution is 2.38. The van der Waals surface area contributed by atoms with E-state index >= 15 is 0 Å². The van der Waals surface area contributed by atoms with Crippen LogP contribution in [0.1, 0.15) is 22.5 Å². The van der Waals surface area contributed by atoms with Crippen LogP contribution in [0.2, 0.25) is 0 Å². The normalized spacial score (nSPS) is 12.3.